The van der Waals surface area contributed by atoms with Crippen molar-refractivity contribution in [2.75, 3.05) is 12.4 Å². The average molecular weight is 361 g/mol. The monoisotopic (exact) mass is 361 g/mol. The fourth-order valence-corrected chi connectivity index (χ4v) is 3.59. The average Bonchev–Trinajstić information content (AvgIpc) is 3.13. The molecule has 26 heavy (non-hydrogen) atoms. The number of nitrogens with zero attached hydrogens (tertiary/aromatic N) is 2. The molecule has 0 radical (unpaired) electrons. The number of pyridine rings is 1. The zero-order valence-corrected chi connectivity index (χ0v) is 14.8. The highest BCUT2D eigenvalue weighted by Gasteiger charge is 2.13. The number of methoxy groups -OCH3 is 1. The molecule has 0 saturated carbocycles. The molecule has 2 heterocycles. The Balaban J connectivity index is 1.70. The standard InChI is InChI=1S/C20H15N3O2S/c1-25-17-9-8-13(20-23-15-6-2-3-7-18(15)26-20)11-16(17)22-19(24)14-5-4-10-21-12-14/h2-12H,1H3,(H,22,24). The lowest BCUT2D eigenvalue weighted by atomic mass is 10.1. The van der Waals surface area contributed by atoms with Gasteiger partial charge in [-0.3, -0.25) is 9.78 Å². The molecule has 0 aliphatic heterocycles. The first-order chi connectivity index (χ1) is 12.7. The van der Waals surface area contributed by atoms with Crippen molar-refractivity contribution in [2.24, 2.45) is 0 Å². The van der Waals surface area contributed by atoms with Gasteiger partial charge < -0.3 is 10.1 Å². The molecule has 0 saturated heterocycles. The topological polar surface area (TPSA) is 64.1 Å². The van der Waals surface area contributed by atoms with Crippen molar-refractivity contribution >= 4 is 33.1 Å². The number of rotatable bonds is 4. The molecule has 4 aromatic rings. The first kappa shape index (κ1) is 16.2. The van der Waals surface area contributed by atoms with Crippen LogP contribution in [0.4, 0.5) is 5.69 Å². The third-order valence-electron chi connectivity index (χ3n) is 3.91. The third-order valence-corrected chi connectivity index (χ3v) is 5.00. The van der Waals surface area contributed by atoms with E-state index in [-0.39, 0.29) is 5.91 Å². The van der Waals surface area contributed by atoms with Crippen LogP contribution in [0.15, 0.2) is 67.0 Å². The molecule has 0 atom stereocenters. The van der Waals surface area contributed by atoms with Crippen LogP contribution < -0.4 is 10.1 Å². The van der Waals surface area contributed by atoms with Crippen molar-refractivity contribution in [1.29, 1.82) is 0 Å². The minimum absolute atomic E-state index is 0.238. The molecule has 0 aliphatic carbocycles. The fourth-order valence-electron chi connectivity index (χ4n) is 2.63. The highest BCUT2D eigenvalue weighted by Crippen LogP contribution is 2.34. The van der Waals surface area contributed by atoms with Gasteiger partial charge in [0.25, 0.3) is 5.91 Å². The van der Waals surface area contributed by atoms with E-state index in [2.05, 4.69) is 15.3 Å². The predicted molar refractivity (Wildman–Crippen MR) is 104 cm³/mol. The SMILES string of the molecule is COc1ccc(-c2nc3ccccc3s2)cc1NC(=O)c1cccnc1. The molecule has 4 rings (SSSR count). The predicted octanol–water partition coefficient (Wildman–Crippen LogP) is 4.62. The van der Waals surface area contributed by atoms with Crippen molar-refractivity contribution in [1.82, 2.24) is 9.97 Å². The molecule has 0 unspecified atom stereocenters. The van der Waals surface area contributed by atoms with Gasteiger partial charge in [-0.25, -0.2) is 4.98 Å². The number of para-hydroxylation sites is 1. The summed E-state index contributed by atoms with van der Waals surface area (Å²) in [6.07, 6.45) is 3.16. The van der Waals surface area contributed by atoms with Gasteiger partial charge in [0.05, 0.1) is 28.6 Å². The second-order valence-electron chi connectivity index (χ2n) is 5.60. The fraction of sp³-hybridized carbons (Fsp3) is 0.0500. The Bertz CT molecular complexity index is 1040. The van der Waals surface area contributed by atoms with Crippen LogP contribution in [-0.4, -0.2) is 23.0 Å². The van der Waals surface area contributed by atoms with Gasteiger partial charge in [-0.2, -0.15) is 0 Å². The summed E-state index contributed by atoms with van der Waals surface area (Å²) in [5.74, 6) is 0.352. The molecular weight excluding hydrogens is 346 g/mol. The van der Waals surface area contributed by atoms with Gasteiger partial charge in [0.15, 0.2) is 0 Å². The maximum absolute atomic E-state index is 12.5. The lowest BCUT2D eigenvalue weighted by molar-refractivity contribution is 0.102. The number of ether oxygens (including phenoxy) is 1. The van der Waals surface area contributed by atoms with E-state index in [1.807, 2.05) is 42.5 Å². The molecule has 0 fully saturated rings. The van der Waals surface area contributed by atoms with Crippen LogP contribution in [0.1, 0.15) is 10.4 Å². The van der Waals surface area contributed by atoms with Gasteiger partial charge >= 0.3 is 0 Å². The summed E-state index contributed by atoms with van der Waals surface area (Å²) in [6.45, 7) is 0. The third kappa shape index (κ3) is 3.14. The molecular formula is C20H15N3O2S. The molecule has 6 heteroatoms. The van der Waals surface area contributed by atoms with Crippen molar-refractivity contribution in [3.63, 3.8) is 0 Å². The molecule has 2 aromatic heterocycles. The molecule has 128 valence electrons. The zero-order valence-electron chi connectivity index (χ0n) is 14.0. The molecule has 1 N–H and O–H groups in total. The van der Waals surface area contributed by atoms with E-state index < -0.39 is 0 Å². The minimum atomic E-state index is -0.238. The smallest absolute Gasteiger partial charge is 0.257 e. The maximum Gasteiger partial charge on any atom is 0.257 e. The largest absolute Gasteiger partial charge is 0.495 e. The molecule has 0 aliphatic rings. The summed E-state index contributed by atoms with van der Waals surface area (Å²) < 4.78 is 6.51. The number of carbonyl (C=O) groups is 1. The molecule has 2 aromatic carbocycles. The first-order valence-corrected chi connectivity index (χ1v) is 8.81. The van der Waals surface area contributed by atoms with Gasteiger partial charge in [-0.15, -0.1) is 11.3 Å². The lowest BCUT2D eigenvalue weighted by Gasteiger charge is -2.11. The molecule has 5 nitrogen and oxygen atoms in total. The number of nitrogens with one attached hydrogen (secondary N) is 1. The van der Waals surface area contributed by atoms with Crippen LogP contribution in [0.25, 0.3) is 20.8 Å². The summed E-state index contributed by atoms with van der Waals surface area (Å²) in [5.41, 5.74) is 2.97. The number of benzene rings is 2. The number of hydrogen-bond donors (Lipinski definition) is 1. The van der Waals surface area contributed by atoms with Gasteiger partial charge in [0, 0.05) is 18.0 Å². The van der Waals surface area contributed by atoms with Gasteiger partial charge in [0.1, 0.15) is 10.8 Å². The quantitative estimate of drug-likeness (QED) is 0.576. The van der Waals surface area contributed by atoms with Crippen LogP contribution in [0.3, 0.4) is 0 Å². The number of fused-ring (bicyclic) bond motifs is 1. The van der Waals surface area contributed by atoms with Crippen LogP contribution in [-0.2, 0) is 0 Å². The Kier molecular flexibility index (Phi) is 4.33. The zero-order chi connectivity index (χ0) is 17.9. The van der Waals surface area contributed by atoms with Gasteiger partial charge in [-0.05, 0) is 42.5 Å². The molecule has 0 bridgehead atoms. The molecule has 1 amide bonds. The normalized spacial score (nSPS) is 10.7. The Morgan fingerprint density at radius 3 is 2.77 bits per heavy atom. The second-order valence-corrected chi connectivity index (χ2v) is 6.63. The first-order valence-electron chi connectivity index (χ1n) is 8.00. The number of carbonyl (C=O) groups excluding carboxylic acids is 1. The van der Waals surface area contributed by atoms with E-state index in [1.165, 1.54) is 6.20 Å². The highest BCUT2D eigenvalue weighted by atomic mass is 32.1. The van der Waals surface area contributed by atoms with Crippen molar-refractivity contribution in [2.45, 2.75) is 0 Å². The number of amides is 1. The summed E-state index contributed by atoms with van der Waals surface area (Å²) >= 11 is 1.61. The Morgan fingerprint density at radius 2 is 2.00 bits per heavy atom. The summed E-state index contributed by atoms with van der Waals surface area (Å²) in [7, 11) is 1.58. The van der Waals surface area contributed by atoms with Gasteiger partial charge in [0.2, 0.25) is 0 Å². The Hall–Kier alpha value is -3.25. The van der Waals surface area contributed by atoms with Crippen LogP contribution in [0.2, 0.25) is 0 Å². The van der Waals surface area contributed by atoms with E-state index in [4.69, 9.17) is 4.74 Å². The van der Waals surface area contributed by atoms with Crippen molar-refractivity contribution < 1.29 is 9.53 Å². The minimum Gasteiger partial charge on any atom is -0.495 e. The van der Waals surface area contributed by atoms with E-state index in [0.717, 1.165) is 20.8 Å². The van der Waals surface area contributed by atoms with Crippen molar-refractivity contribution in [3.8, 4) is 16.3 Å². The van der Waals surface area contributed by atoms with Gasteiger partial charge in [-0.1, -0.05) is 12.1 Å². The number of thiazole rings is 1. The van der Waals surface area contributed by atoms with E-state index in [0.29, 0.717) is 17.0 Å². The van der Waals surface area contributed by atoms with Crippen molar-refractivity contribution in [3.05, 3.63) is 72.6 Å². The Labute approximate surface area is 154 Å². The summed E-state index contributed by atoms with van der Waals surface area (Å²) in [6, 6.07) is 17.1. The maximum atomic E-state index is 12.5. The number of hydrogen-bond acceptors (Lipinski definition) is 5. The van der Waals surface area contributed by atoms with Crippen LogP contribution in [0.5, 0.6) is 5.75 Å². The van der Waals surface area contributed by atoms with Crippen LogP contribution in [0, 0.1) is 0 Å². The summed E-state index contributed by atoms with van der Waals surface area (Å²) in [5, 5.41) is 3.79. The van der Waals surface area contributed by atoms with E-state index in [1.54, 1.807) is 36.8 Å². The van der Waals surface area contributed by atoms with E-state index in [9.17, 15) is 4.79 Å². The molecule has 0 spiro atoms. The van der Waals surface area contributed by atoms with Crippen LogP contribution >= 0.6 is 11.3 Å². The lowest BCUT2D eigenvalue weighted by Crippen LogP contribution is -2.12. The summed E-state index contributed by atoms with van der Waals surface area (Å²) in [4.78, 5) is 21.1. The number of aromatic nitrogens is 2. The second kappa shape index (κ2) is 6.93. The Morgan fingerprint density at radius 1 is 1.12 bits per heavy atom. The van der Waals surface area contributed by atoms with E-state index >= 15 is 0 Å². The highest BCUT2D eigenvalue weighted by molar-refractivity contribution is 7.21. The number of anilines is 1.